The first-order valence-corrected chi connectivity index (χ1v) is 9.42. The van der Waals surface area contributed by atoms with Crippen molar-refractivity contribution < 1.29 is 9.53 Å². The molecule has 7 heteroatoms. The normalized spacial score (nSPS) is 16.2. The highest BCUT2D eigenvalue weighted by Gasteiger charge is 2.18. The SMILES string of the molecule is CN1CCN(c2nc3cc(CNC(=O)OC(C)(C)C)ccc3s2)CC1. The summed E-state index contributed by atoms with van der Waals surface area (Å²) in [5, 5.41) is 3.88. The van der Waals surface area contributed by atoms with Crippen LogP contribution in [-0.2, 0) is 11.3 Å². The fraction of sp³-hybridized carbons (Fsp3) is 0.556. The Morgan fingerprint density at radius 1 is 1.28 bits per heavy atom. The molecule has 0 bridgehead atoms. The molecule has 1 saturated heterocycles. The fourth-order valence-electron chi connectivity index (χ4n) is 2.69. The Bertz CT molecular complexity index is 745. The highest BCUT2D eigenvalue weighted by molar-refractivity contribution is 7.22. The molecular weight excluding hydrogens is 336 g/mol. The maximum atomic E-state index is 11.8. The zero-order chi connectivity index (χ0) is 18.0. The predicted molar refractivity (Wildman–Crippen MR) is 102 cm³/mol. The maximum Gasteiger partial charge on any atom is 0.407 e. The van der Waals surface area contributed by atoms with Gasteiger partial charge in [0, 0.05) is 32.7 Å². The van der Waals surface area contributed by atoms with Gasteiger partial charge in [-0.05, 0) is 45.5 Å². The molecule has 6 nitrogen and oxygen atoms in total. The monoisotopic (exact) mass is 362 g/mol. The van der Waals surface area contributed by atoms with Crippen LogP contribution in [0.2, 0.25) is 0 Å². The van der Waals surface area contributed by atoms with Crippen molar-refractivity contribution in [2.75, 3.05) is 38.1 Å². The lowest BCUT2D eigenvalue weighted by Gasteiger charge is -2.32. The third-order valence-corrected chi connectivity index (χ3v) is 5.15. The Morgan fingerprint density at radius 3 is 2.68 bits per heavy atom. The summed E-state index contributed by atoms with van der Waals surface area (Å²) in [6, 6.07) is 6.16. The molecule has 0 spiro atoms. The van der Waals surface area contributed by atoms with Crippen molar-refractivity contribution in [1.29, 1.82) is 0 Å². The summed E-state index contributed by atoms with van der Waals surface area (Å²) in [5.74, 6) is 0. The van der Waals surface area contributed by atoms with Gasteiger partial charge in [-0.25, -0.2) is 9.78 Å². The number of carbonyl (C=O) groups excluding carboxylic acids is 1. The molecule has 0 aliphatic carbocycles. The van der Waals surface area contributed by atoms with E-state index in [4.69, 9.17) is 9.72 Å². The van der Waals surface area contributed by atoms with E-state index in [9.17, 15) is 4.79 Å². The number of likely N-dealkylation sites (N-methyl/N-ethyl adjacent to an activating group) is 1. The summed E-state index contributed by atoms with van der Waals surface area (Å²) in [4.78, 5) is 21.3. The number of fused-ring (bicyclic) bond motifs is 1. The number of hydrogen-bond acceptors (Lipinski definition) is 6. The van der Waals surface area contributed by atoms with E-state index in [1.165, 1.54) is 4.70 Å². The van der Waals surface area contributed by atoms with Crippen LogP contribution in [0.25, 0.3) is 10.2 Å². The largest absolute Gasteiger partial charge is 0.444 e. The average molecular weight is 362 g/mol. The van der Waals surface area contributed by atoms with Gasteiger partial charge < -0.3 is 19.9 Å². The van der Waals surface area contributed by atoms with E-state index < -0.39 is 11.7 Å². The number of amides is 1. The molecule has 1 aliphatic rings. The summed E-state index contributed by atoms with van der Waals surface area (Å²) < 4.78 is 6.44. The van der Waals surface area contributed by atoms with Crippen molar-refractivity contribution in [3.63, 3.8) is 0 Å². The van der Waals surface area contributed by atoms with Crippen LogP contribution in [0.15, 0.2) is 18.2 Å². The molecular formula is C18H26N4O2S. The minimum Gasteiger partial charge on any atom is -0.444 e. The Labute approximate surface area is 152 Å². The molecule has 3 rings (SSSR count). The van der Waals surface area contributed by atoms with Crippen molar-refractivity contribution in [2.24, 2.45) is 0 Å². The van der Waals surface area contributed by atoms with Crippen molar-refractivity contribution >= 4 is 32.8 Å². The number of aromatic nitrogens is 1. The molecule has 1 N–H and O–H groups in total. The minimum atomic E-state index is -0.486. The van der Waals surface area contributed by atoms with Gasteiger partial charge in [-0.1, -0.05) is 17.4 Å². The molecule has 1 fully saturated rings. The van der Waals surface area contributed by atoms with E-state index in [1.807, 2.05) is 32.9 Å². The molecule has 0 atom stereocenters. The number of benzene rings is 1. The number of ether oxygens (including phenoxy) is 1. The van der Waals surface area contributed by atoms with Gasteiger partial charge in [0.05, 0.1) is 10.2 Å². The third kappa shape index (κ3) is 4.83. The van der Waals surface area contributed by atoms with E-state index in [2.05, 4.69) is 28.2 Å². The molecule has 0 radical (unpaired) electrons. The first kappa shape index (κ1) is 17.9. The van der Waals surface area contributed by atoms with Gasteiger partial charge in [-0.2, -0.15) is 0 Å². The number of thiazole rings is 1. The quantitative estimate of drug-likeness (QED) is 0.909. The van der Waals surface area contributed by atoms with Crippen LogP contribution in [0, 0.1) is 0 Å². The number of alkyl carbamates (subject to hydrolysis) is 1. The lowest BCUT2D eigenvalue weighted by atomic mass is 10.2. The summed E-state index contributed by atoms with van der Waals surface area (Å²) in [6.45, 7) is 10.2. The second-order valence-electron chi connectivity index (χ2n) is 7.44. The third-order valence-electron chi connectivity index (χ3n) is 4.05. The summed E-state index contributed by atoms with van der Waals surface area (Å²) in [6.07, 6.45) is -0.399. The zero-order valence-corrected chi connectivity index (χ0v) is 16.2. The van der Waals surface area contributed by atoms with E-state index >= 15 is 0 Å². The molecule has 1 aliphatic heterocycles. The lowest BCUT2D eigenvalue weighted by molar-refractivity contribution is 0.0523. The smallest absolute Gasteiger partial charge is 0.407 e. The topological polar surface area (TPSA) is 57.7 Å². The first-order valence-electron chi connectivity index (χ1n) is 8.60. The Hall–Kier alpha value is -1.86. The number of anilines is 1. The average Bonchev–Trinajstić information content (AvgIpc) is 2.95. The van der Waals surface area contributed by atoms with Crippen LogP contribution >= 0.6 is 11.3 Å². The number of nitrogens with one attached hydrogen (secondary N) is 1. The van der Waals surface area contributed by atoms with Crippen LogP contribution in [0.5, 0.6) is 0 Å². The van der Waals surface area contributed by atoms with E-state index in [-0.39, 0.29) is 0 Å². The second-order valence-corrected chi connectivity index (χ2v) is 8.45. The molecule has 1 aromatic carbocycles. The second kappa shape index (κ2) is 7.17. The minimum absolute atomic E-state index is 0.399. The van der Waals surface area contributed by atoms with Gasteiger partial charge >= 0.3 is 6.09 Å². The van der Waals surface area contributed by atoms with Gasteiger partial charge in [0.1, 0.15) is 5.60 Å². The fourth-order valence-corrected chi connectivity index (χ4v) is 3.69. The molecule has 1 amide bonds. The summed E-state index contributed by atoms with van der Waals surface area (Å²) in [5.41, 5.74) is 1.52. The highest BCUT2D eigenvalue weighted by Crippen LogP contribution is 2.30. The van der Waals surface area contributed by atoms with E-state index in [0.29, 0.717) is 6.54 Å². The van der Waals surface area contributed by atoms with Crippen molar-refractivity contribution in [3.05, 3.63) is 23.8 Å². The Morgan fingerprint density at radius 2 is 2.00 bits per heavy atom. The van der Waals surface area contributed by atoms with Crippen molar-refractivity contribution in [3.8, 4) is 0 Å². The summed E-state index contributed by atoms with van der Waals surface area (Å²) >= 11 is 1.73. The predicted octanol–water partition coefficient (Wildman–Crippen LogP) is 3.07. The number of rotatable bonds is 3. The van der Waals surface area contributed by atoms with E-state index in [1.54, 1.807) is 11.3 Å². The Balaban J connectivity index is 1.65. The first-order chi connectivity index (χ1) is 11.8. The van der Waals surface area contributed by atoms with Gasteiger partial charge in [-0.15, -0.1) is 0 Å². The number of hydrogen-bond donors (Lipinski definition) is 1. The Kier molecular flexibility index (Phi) is 5.15. The highest BCUT2D eigenvalue weighted by atomic mass is 32.1. The van der Waals surface area contributed by atoms with Gasteiger partial charge in [0.25, 0.3) is 0 Å². The van der Waals surface area contributed by atoms with Crippen LogP contribution in [0.1, 0.15) is 26.3 Å². The van der Waals surface area contributed by atoms with Gasteiger partial charge in [0.15, 0.2) is 5.13 Å². The van der Waals surface area contributed by atoms with Gasteiger partial charge in [0.2, 0.25) is 0 Å². The van der Waals surface area contributed by atoms with E-state index in [0.717, 1.165) is 42.4 Å². The molecule has 0 unspecified atom stereocenters. The van der Waals surface area contributed by atoms with Crippen LogP contribution in [-0.4, -0.2) is 54.8 Å². The van der Waals surface area contributed by atoms with Crippen molar-refractivity contribution in [2.45, 2.75) is 32.9 Å². The van der Waals surface area contributed by atoms with Crippen LogP contribution in [0.3, 0.4) is 0 Å². The van der Waals surface area contributed by atoms with Crippen molar-refractivity contribution in [1.82, 2.24) is 15.2 Å². The molecule has 136 valence electrons. The number of piperazine rings is 1. The molecule has 0 saturated carbocycles. The number of carbonyl (C=O) groups is 1. The standard InChI is InChI=1S/C18H26N4O2S/c1-18(2,3)24-17(23)19-12-13-5-6-15-14(11-13)20-16(25-15)22-9-7-21(4)8-10-22/h5-6,11H,7-10,12H2,1-4H3,(H,19,23). The maximum absolute atomic E-state index is 11.8. The van der Waals surface area contributed by atoms with Crippen LogP contribution in [0.4, 0.5) is 9.93 Å². The number of nitrogens with zero attached hydrogens (tertiary/aromatic N) is 3. The molecule has 25 heavy (non-hydrogen) atoms. The van der Waals surface area contributed by atoms with Gasteiger partial charge in [-0.3, -0.25) is 0 Å². The molecule has 1 aromatic heterocycles. The zero-order valence-electron chi connectivity index (χ0n) is 15.3. The summed E-state index contributed by atoms with van der Waals surface area (Å²) in [7, 11) is 2.15. The molecule has 2 heterocycles. The molecule has 2 aromatic rings. The lowest BCUT2D eigenvalue weighted by Crippen LogP contribution is -2.44. The van der Waals surface area contributed by atoms with Crippen LogP contribution < -0.4 is 10.2 Å².